The zero-order valence-electron chi connectivity index (χ0n) is 22.0. The van der Waals surface area contributed by atoms with Gasteiger partial charge in [-0.25, -0.2) is 4.39 Å². The number of allylic oxidation sites excluding steroid dienone is 4. The Hall–Kier alpha value is -4.83. The van der Waals surface area contributed by atoms with E-state index >= 15 is 4.39 Å². The van der Waals surface area contributed by atoms with Crippen molar-refractivity contribution in [2.45, 2.75) is 12.8 Å². The first-order valence-electron chi connectivity index (χ1n) is 13.9. The molecule has 190 valence electrons. The third kappa shape index (κ3) is 3.42. The SMILES string of the molecule is FC1=C(c2cc3c4c(c2)N(c2ccccc2)c2ccccc2B4c2ccccc2N3c2ccccc2)C=CCC1. The molecule has 5 aromatic carbocycles. The maximum Gasteiger partial charge on any atom is 0.252 e. The van der Waals surface area contributed by atoms with E-state index < -0.39 is 0 Å². The summed E-state index contributed by atoms with van der Waals surface area (Å²) in [7, 11) is 0. The first kappa shape index (κ1) is 23.1. The van der Waals surface area contributed by atoms with Gasteiger partial charge in [0.15, 0.2) is 0 Å². The van der Waals surface area contributed by atoms with Gasteiger partial charge in [0.05, 0.1) is 0 Å². The first-order chi connectivity index (χ1) is 19.8. The fraction of sp³-hybridized carbons (Fsp3) is 0.0556. The number of hydrogen-bond acceptors (Lipinski definition) is 2. The van der Waals surface area contributed by atoms with Gasteiger partial charge in [-0.2, -0.15) is 0 Å². The summed E-state index contributed by atoms with van der Waals surface area (Å²) >= 11 is 0. The van der Waals surface area contributed by atoms with Crippen LogP contribution in [0.4, 0.5) is 38.5 Å². The molecule has 0 amide bonds. The second kappa shape index (κ2) is 9.13. The lowest BCUT2D eigenvalue weighted by atomic mass is 9.33. The van der Waals surface area contributed by atoms with Crippen molar-refractivity contribution in [3.63, 3.8) is 0 Å². The van der Waals surface area contributed by atoms with E-state index in [1.54, 1.807) is 0 Å². The molecule has 2 nitrogen and oxygen atoms in total. The molecule has 0 unspecified atom stereocenters. The fourth-order valence-corrected chi connectivity index (χ4v) is 6.65. The van der Waals surface area contributed by atoms with Gasteiger partial charge >= 0.3 is 0 Å². The number of benzene rings is 5. The van der Waals surface area contributed by atoms with Crippen LogP contribution in [0, 0.1) is 0 Å². The first-order valence-corrected chi connectivity index (χ1v) is 13.9. The molecule has 0 bridgehead atoms. The van der Waals surface area contributed by atoms with Crippen molar-refractivity contribution in [2.24, 2.45) is 0 Å². The average Bonchev–Trinajstić information content (AvgIpc) is 3.02. The van der Waals surface area contributed by atoms with Crippen LogP contribution in [0.15, 0.2) is 139 Å². The van der Waals surface area contributed by atoms with Crippen LogP contribution in [-0.2, 0) is 0 Å². The predicted molar refractivity (Wildman–Crippen MR) is 167 cm³/mol. The third-order valence-electron chi connectivity index (χ3n) is 8.33. The van der Waals surface area contributed by atoms with Gasteiger partial charge in [-0.05, 0) is 76.9 Å². The van der Waals surface area contributed by atoms with Crippen LogP contribution >= 0.6 is 0 Å². The Balaban J connectivity index is 1.51. The second-order valence-corrected chi connectivity index (χ2v) is 10.6. The van der Waals surface area contributed by atoms with Gasteiger partial charge in [-0.15, -0.1) is 0 Å². The van der Waals surface area contributed by atoms with Gasteiger partial charge in [0.2, 0.25) is 0 Å². The number of anilines is 6. The summed E-state index contributed by atoms with van der Waals surface area (Å²) in [6, 6.07) is 42.9. The lowest BCUT2D eigenvalue weighted by Gasteiger charge is -2.44. The van der Waals surface area contributed by atoms with Crippen LogP contribution < -0.4 is 26.2 Å². The van der Waals surface area contributed by atoms with E-state index in [0.29, 0.717) is 12.0 Å². The third-order valence-corrected chi connectivity index (χ3v) is 8.33. The van der Waals surface area contributed by atoms with Gasteiger partial charge in [-0.3, -0.25) is 0 Å². The van der Waals surface area contributed by atoms with Crippen LogP contribution in [0.3, 0.4) is 0 Å². The standard InChI is InChI=1S/C36H26BFN2/c38-31-20-10-7-17-28(31)25-23-34-36-35(24-25)40(27-15-5-2-6-16-27)33-22-12-9-19-30(33)37(36)29-18-8-11-21-32(29)39(34)26-13-3-1-4-14-26/h1-9,11-19,21-24H,10,20H2. The summed E-state index contributed by atoms with van der Waals surface area (Å²) in [5.41, 5.74) is 12.1. The van der Waals surface area contributed by atoms with Gasteiger partial charge in [0.1, 0.15) is 5.83 Å². The van der Waals surface area contributed by atoms with Crippen molar-refractivity contribution in [1.82, 2.24) is 0 Å². The van der Waals surface area contributed by atoms with Crippen molar-refractivity contribution >= 4 is 62.8 Å². The van der Waals surface area contributed by atoms with E-state index in [0.717, 1.165) is 46.1 Å². The molecule has 2 aliphatic heterocycles. The molecule has 1 aliphatic carbocycles. The number of para-hydroxylation sites is 4. The molecule has 0 aromatic heterocycles. The summed E-state index contributed by atoms with van der Waals surface area (Å²) in [4.78, 5) is 4.71. The molecule has 3 aliphatic rings. The Morgan fingerprint density at radius 2 is 1.07 bits per heavy atom. The molecule has 0 radical (unpaired) electrons. The van der Waals surface area contributed by atoms with Crippen molar-refractivity contribution in [3.05, 3.63) is 145 Å². The largest absolute Gasteiger partial charge is 0.311 e. The highest BCUT2D eigenvalue weighted by Crippen LogP contribution is 2.45. The van der Waals surface area contributed by atoms with Crippen LogP contribution in [0.1, 0.15) is 18.4 Å². The van der Waals surface area contributed by atoms with Gasteiger partial charge in [0.25, 0.3) is 6.71 Å². The van der Waals surface area contributed by atoms with E-state index in [2.05, 4.69) is 137 Å². The van der Waals surface area contributed by atoms with E-state index in [1.807, 2.05) is 6.08 Å². The number of halogens is 1. The Kier molecular flexibility index (Phi) is 5.27. The predicted octanol–water partition coefficient (Wildman–Crippen LogP) is 7.80. The number of rotatable bonds is 3. The van der Waals surface area contributed by atoms with Crippen LogP contribution in [0.2, 0.25) is 0 Å². The maximum atomic E-state index is 15.4. The second-order valence-electron chi connectivity index (χ2n) is 10.6. The van der Waals surface area contributed by atoms with Crippen LogP contribution in [-0.4, -0.2) is 6.71 Å². The fourth-order valence-electron chi connectivity index (χ4n) is 6.65. The molecule has 4 heteroatoms. The lowest BCUT2D eigenvalue weighted by Crippen LogP contribution is -2.61. The number of hydrogen-bond donors (Lipinski definition) is 0. The maximum absolute atomic E-state index is 15.4. The minimum absolute atomic E-state index is 0.0452. The molecular weight excluding hydrogens is 490 g/mol. The van der Waals surface area contributed by atoms with E-state index in [9.17, 15) is 0 Å². The minimum Gasteiger partial charge on any atom is -0.311 e. The highest BCUT2D eigenvalue weighted by molar-refractivity contribution is 7.00. The highest BCUT2D eigenvalue weighted by atomic mass is 19.1. The van der Waals surface area contributed by atoms with Crippen molar-refractivity contribution < 1.29 is 4.39 Å². The van der Waals surface area contributed by atoms with E-state index in [-0.39, 0.29) is 12.5 Å². The Morgan fingerprint density at radius 1 is 0.575 bits per heavy atom. The minimum atomic E-state index is -0.0452. The van der Waals surface area contributed by atoms with Crippen molar-refractivity contribution in [1.29, 1.82) is 0 Å². The van der Waals surface area contributed by atoms with Gasteiger partial charge in [0, 0.05) is 46.1 Å². The molecule has 40 heavy (non-hydrogen) atoms. The lowest BCUT2D eigenvalue weighted by molar-refractivity contribution is 0.592. The molecule has 8 rings (SSSR count). The summed E-state index contributed by atoms with van der Waals surface area (Å²) < 4.78 is 15.4. The smallest absolute Gasteiger partial charge is 0.252 e. The average molecular weight is 516 g/mol. The molecule has 0 saturated carbocycles. The molecule has 0 N–H and O–H groups in total. The van der Waals surface area contributed by atoms with Gasteiger partial charge in [-0.1, -0.05) is 84.9 Å². The van der Waals surface area contributed by atoms with E-state index in [4.69, 9.17) is 0 Å². The monoisotopic (exact) mass is 516 g/mol. The Labute approximate surface area is 234 Å². The van der Waals surface area contributed by atoms with Crippen LogP contribution in [0.25, 0.3) is 5.57 Å². The normalized spacial score (nSPS) is 15.1. The summed E-state index contributed by atoms with van der Waals surface area (Å²) in [6.07, 6.45) is 5.22. The zero-order chi connectivity index (χ0) is 26.6. The molecule has 5 aromatic rings. The van der Waals surface area contributed by atoms with E-state index in [1.165, 1.54) is 16.4 Å². The molecule has 2 heterocycles. The topological polar surface area (TPSA) is 6.48 Å². The Morgan fingerprint density at radius 3 is 1.60 bits per heavy atom. The van der Waals surface area contributed by atoms with Gasteiger partial charge < -0.3 is 9.80 Å². The van der Waals surface area contributed by atoms with Crippen LogP contribution in [0.5, 0.6) is 0 Å². The summed E-state index contributed by atoms with van der Waals surface area (Å²) in [6.45, 7) is 0.0621. The molecule has 0 atom stereocenters. The zero-order valence-corrected chi connectivity index (χ0v) is 22.0. The number of fused-ring (bicyclic) bond motifs is 4. The van der Waals surface area contributed by atoms with Crippen molar-refractivity contribution in [2.75, 3.05) is 9.80 Å². The quantitative estimate of drug-likeness (QED) is 0.221. The summed E-state index contributed by atoms with van der Waals surface area (Å²) in [5, 5.41) is 0. The molecule has 0 spiro atoms. The summed E-state index contributed by atoms with van der Waals surface area (Å²) in [5.74, 6) is -0.0452. The molecular formula is C36H26BFN2. The van der Waals surface area contributed by atoms with Crippen molar-refractivity contribution in [3.8, 4) is 0 Å². The molecule has 0 fully saturated rings. The highest BCUT2D eigenvalue weighted by Gasteiger charge is 2.43. The number of nitrogens with zero attached hydrogens (tertiary/aromatic N) is 2. The Bertz CT molecular complexity index is 1710. The molecule has 0 saturated heterocycles.